The van der Waals surface area contributed by atoms with E-state index in [9.17, 15) is 30.7 Å². The van der Waals surface area contributed by atoms with Gasteiger partial charge in [0.05, 0.1) is 0 Å². The molecule has 0 fully saturated rings. The number of halogens is 7. The van der Waals surface area contributed by atoms with Crippen molar-refractivity contribution in [2.24, 2.45) is 0 Å². The van der Waals surface area contributed by atoms with E-state index in [0.29, 0.717) is 12.1 Å². The van der Waals surface area contributed by atoms with Crippen LogP contribution in [-0.2, 0) is 0 Å². The smallest absolute Gasteiger partial charge is 0.399 e. The van der Waals surface area contributed by atoms with Crippen LogP contribution in [0.2, 0.25) is 0 Å². The Hall–Kier alpha value is -2.45. The van der Waals surface area contributed by atoms with E-state index >= 15 is 0 Å². The van der Waals surface area contributed by atoms with Crippen LogP contribution in [0.5, 0.6) is 11.5 Å². The Balaban J connectivity index is 2.25. The second kappa shape index (κ2) is 5.74. The van der Waals surface area contributed by atoms with Crippen LogP contribution in [0, 0.1) is 29.1 Å². The fourth-order valence-corrected chi connectivity index (χ4v) is 1.45. The van der Waals surface area contributed by atoms with Crippen molar-refractivity contribution in [3.05, 3.63) is 59.4 Å². The van der Waals surface area contributed by atoms with E-state index in [4.69, 9.17) is 0 Å². The number of hydrogen-bond donors (Lipinski definition) is 0. The number of hydrogen-bond acceptors (Lipinski definition) is 2. The average Bonchev–Trinajstić information content (AvgIpc) is 2.40. The largest absolute Gasteiger partial charge is 0.586 e. The predicted molar refractivity (Wildman–Crippen MR) is 58.9 cm³/mol. The van der Waals surface area contributed by atoms with Crippen molar-refractivity contribution >= 4 is 0 Å². The molecule has 0 aliphatic carbocycles. The van der Waals surface area contributed by atoms with Crippen molar-refractivity contribution < 1.29 is 40.2 Å². The topological polar surface area (TPSA) is 18.5 Å². The van der Waals surface area contributed by atoms with E-state index in [1.165, 1.54) is 0 Å². The van der Waals surface area contributed by atoms with Crippen molar-refractivity contribution in [3.63, 3.8) is 0 Å². The Bertz CT molecular complexity index is 660. The highest BCUT2D eigenvalue weighted by atomic mass is 19.3. The first-order valence-corrected chi connectivity index (χ1v) is 5.54. The lowest BCUT2D eigenvalue weighted by atomic mass is 10.3. The minimum Gasteiger partial charge on any atom is -0.399 e. The van der Waals surface area contributed by atoms with Crippen molar-refractivity contribution in [1.82, 2.24) is 0 Å². The van der Waals surface area contributed by atoms with Crippen LogP contribution >= 0.6 is 0 Å². The molecule has 118 valence electrons. The lowest BCUT2D eigenvalue weighted by Crippen LogP contribution is -2.33. The van der Waals surface area contributed by atoms with E-state index in [2.05, 4.69) is 9.47 Å². The molecule has 2 aromatic rings. The van der Waals surface area contributed by atoms with E-state index in [0.717, 1.165) is 6.07 Å². The molecule has 2 aromatic carbocycles. The van der Waals surface area contributed by atoms with Gasteiger partial charge < -0.3 is 9.47 Å². The minimum absolute atomic E-state index is 0.118. The molecule has 0 unspecified atom stereocenters. The first-order valence-electron chi connectivity index (χ1n) is 5.54. The maximum Gasteiger partial charge on any atom is 0.586 e. The zero-order valence-corrected chi connectivity index (χ0v) is 10.3. The molecule has 0 saturated heterocycles. The molecular formula is C13H5F7O2. The van der Waals surface area contributed by atoms with Gasteiger partial charge in [-0.2, -0.15) is 0 Å². The summed E-state index contributed by atoms with van der Waals surface area (Å²) in [5.74, 6) is -10.9. The molecule has 0 N–H and O–H groups in total. The summed E-state index contributed by atoms with van der Waals surface area (Å²) in [4.78, 5) is 0. The minimum atomic E-state index is -4.67. The molecule has 0 atom stereocenters. The van der Waals surface area contributed by atoms with Gasteiger partial charge in [0.15, 0.2) is 29.1 Å². The quantitative estimate of drug-likeness (QED) is 0.471. The van der Waals surface area contributed by atoms with Crippen molar-refractivity contribution in [2.75, 3.05) is 0 Å². The van der Waals surface area contributed by atoms with Crippen LogP contribution in [0.4, 0.5) is 30.7 Å². The fraction of sp³-hybridized carbons (Fsp3) is 0.0769. The van der Waals surface area contributed by atoms with Crippen LogP contribution in [0.3, 0.4) is 0 Å². The SMILES string of the molecule is Fc1cc(OC(F)(F)Oc2c(F)cccc2F)cc(F)c1F. The van der Waals surface area contributed by atoms with Gasteiger partial charge in [0, 0.05) is 12.1 Å². The summed E-state index contributed by atoms with van der Waals surface area (Å²) < 4.78 is 99.1. The van der Waals surface area contributed by atoms with Crippen LogP contribution in [0.15, 0.2) is 30.3 Å². The van der Waals surface area contributed by atoms with Crippen LogP contribution in [-0.4, -0.2) is 6.29 Å². The highest BCUT2D eigenvalue weighted by Crippen LogP contribution is 2.30. The second-order valence-electron chi connectivity index (χ2n) is 3.92. The third kappa shape index (κ3) is 3.41. The van der Waals surface area contributed by atoms with Crippen molar-refractivity contribution in [2.45, 2.75) is 6.29 Å². The summed E-state index contributed by atoms with van der Waals surface area (Å²) in [6.07, 6.45) is -4.67. The monoisotopic (exact) mass is 326 g/mol. The van der Waals surface area contributed by atoms with E-state index in [1.54, 1.807) is 0 Å². The van der Waals surface area contributed by atoms with E-state index < -0.39 is 46.9 Å². The van der Waals surface area contributed by atoms with Gasteiger partial charge in [-0.15, -0.1) is 8.78 Å². The van der Waals surface area contributed by atoms with Gasteiger partial charge in [-0.1, -0.05) is 6.07 Å². The summed E-state index contributed by atoms with van der Waals surface area (Å²) in [5.41, 5.74) is 0. The first-order chi connectivity index (χ1) is 10.2. The van der Waals surface area contributed by atoms with Gasteiger partial charge in [-0.05, 0) is 12.1 Å². The van der Waals surface area contributed by atoms with E-state index in [1.807, 2.05) is 0 Å². The summed E-state index contributed by atoms with van der Waals surface area (Å²) in [6.45, 7) is 0. The normalized spacial score (nSPS) is 11.4. The molecule has 0 aromatic heterocycles. The molecule has 0 heterocycles. The number of para-hydroxylation sites is 1. The van der Waals surface area contributed by atoms with Gasteiger partial charge in [0.1, 0.15) is 5.75 Å². The van der Waals surface area contributed by atoms with Gasteiger partial charge >= 0.3 is 6.29 Å². The molecule has 2 rings (SSSR count). The third-order valence-corrected chi connectivity index (χ3v) is 2.33. The fourth-order valence-electron chi connectivity index (χ4n) is 1.45. The Morgan fingerprint density at radius 2 is 1.23 bits per heavy atom. The molecule has 2 nitrogen and oxygen atoms in total. The molecule has 0 amide bonds. The lowest BCUT2D eigenvalue weighted by Gasteiger charge is -2.18. The second-order valence-corrected chi connectivity index (χ2v) is 3.92. The van der Waals surface area contributed by atoms with Crippen LogP contribution < -0.4 is 9.47 Å². The molecule has 9 heteroatoms. The van der Waals surface area contributed by atoms with Crippen molar-refractivity contribution in [3.8, 4) is 11.5 Å². The van der Waals surface area contributed by atoms with E-state index in [-0.39, 0.29) is 12.1 Å². The van der Waals surface area contributed by atoms with Gasteiger partial charge in [0.2, 0.25) is 5.75 Å². The Morgan fingerprint density at radius 3 is 1.73 bits per heavy atom. The summed E-state index contributed by atoms with van der Waals surface area (Å²) >= 11 is 0. The Labute approximate surface area is 118 Å². The molecule has 0 saturated carbocycles. The standard InChI is InChI=1S/C13H5F7O2/c14-7-2-1-3-8(15)12(7)22-13(19,20)21-6-4-9(16)11(18)10(17)5-6/h1-5H. The number of ether oxygens (including phenoxy) is 2. The molecule has 0 spiro atoms. The Kier molecular flexibility index (Phi) is 4.16. The number of alkyl halides is 2. The third-order valence-electron chi connectivity index (χ3n) is 2.33. The molecule has 0 bridgehead atoms. The average molecular weight is 326 g/mol. The van der Waals surface area contributed by atoms with Crippen LogP contribution in [0.25, 0.3) is 0 Å². The summed E-state index contributed by atoms with van der Waals surface area (Å²) in [6, 6.07) is 2.43. The zero-order valence-electron chi connectivity index (χ0n) is 10.3. The van der Waals surface area contributed by atoms with Crippen LogP contribution in [0.1, 0.15) is 0 Å². The zero-order chi connectivity index (χ0) is 16.5. The lowest BCUT2D eigenvalue weighted by molar-refractivity contribution is -0.310. The molecule has 0 radical (unpaired) electrons. The van der Waals surface area contributed by atoms with Crippen molar-refractivity contribution in [1.29, 1.82) is 0 Å². The maximum absolute atomic E-state index is 13.4. The molecular weight excluding hydrogens is 321 g/mol. The number of benzene rings is 2. The molecule has 22 heavy (non-hydrogen) atoms. The van der Waals surface area contributed by atoms with Gasteiger partial charge in [-0.25, -0.2) is 22.0 Å². The summed E-state index contributed by atoms with van der Waals surface area (Å²) in [5, 5.41) is 0. The van der Waals surface area contributed by atoms with Gasteiger partial charge in [-0.3, -0.25) is 0 Å². The summed E-state index contributed by atoms with van der Waals surface area (Å²) in [7, 11) is 0. The molecule has 0 aliphatic rings. The highest BCUT2D eigenvalue weighted by Gasteiger charge is 2.38. The molecule has 0 aliphatic heterocycles. The number of rotatable bonds is 4. The maximum atomic E-state index is 13.4. The first kappa shape index (κ1) is 15.9. The van der Waals surface area contributed by atoms with Gasteiger partial charge in [0.25, 0.3) is 0 Å². The highest BCUT2D eigenvalue weighted by molar-refractivity contribution is 5.27. The predicted octanol–water partition coefficient (Wildman–Crippen LogP) is 4.39. The Morgan fingerprint density at radius 1 is 0.727 bits per heavy atom.